The van der Waals surface area contributed by atoms with Gasteiger partial charge in [-0.3, -0.25) is 4.79 Å². The fraction of sp³-hybridized carbons (Fsp3) is 0.318. The molecule has 7 heteroatoms. The zero-order valence-electron chi connectivity index (χ0n) is 16.8. The van der Waals surface area contributed by atoms with Crippen LogP contribution in [-0.4, -0.2) is 22.2 Å². The van der Waals surface area contributed by atoms with Crippen molar-refractivity contribution < 1.29 is 14.1 Å². The van der Waals surface area contributed by atoms with Gasteiger partial charge in [-0.25, -0.2) is 0 Å². The molecule has 1 aromatic heterocycles. The standard InChI is InChI=1S/C22H25N3O3S/c1-15(2)27-13-18-9-5-4-8-17(18)12-23-22(26)19-10-6-7-11-20(19)29-14-21-24-16(3)28-25-21/h4-11,15H,12-14H2,1-3H3,(H,23,26). The van der Waals surface area contributed by atoms with E-state index in [0.29, 0.717) is 36.2 Å². The number of amides is 1. The van der Waals surface area contributed by atoms with Gasteiger partial charge in [0.1, 0.15) is 0 Å². The first-order valence-electron chi connectivity index (χ1n) is 9.50. The van der Waals surface area contributed by atoms with Crippen molar-refractivity contribution in [2.45, 2.75) is 50.7 Å². The molecule has 1 amide bonds. The molecule has 0 fully saturated rings. The van der Waals surface area contributed by atoms with E-state index in [0.717, 1.165) is 16.0 Å². The molecule has 3 rings (SSSR count). The van der Waals surface area contributed by atoms with Crippen LogP contribution in [0.4, 0.5) is 0 Å². The molecule has 0 unspecified atom stereocenters. The summed E-state index contributed by atoms with van der Waals surface area (Å²) in [4.78, 5) is 17.9. The second-order valence-corrected chi connectivity index (χ2v) is 7.84. The van der Waals surface area contributed by atoms with Crippen molar-refractivity contribution in [1.82, 2.24) is 15.5 Å². The molecule has 0 saturated carbocycles. The number of aromatic nitrogens is 2. The van der Waals surface area contributed by atoms with Gasteiger partial charge in [0, 0.05) is 18.4 Å². The maximum atomic E-state index is 12.8. The molecule has 152 valence electrons. The molecule has 0 bridgehead atoms. The summed E-state index contributed by atoms with van der Waals surface area (Å²) >= 11 is 1.51. The summed E-state index contributed by atoms with van der Waals surface area (Å²) in [5.74, 6) is 1.57. The normalized spacial score (nSPS) is 11.0. The second kappa shape index (κ2) is 10.2. The Morgan fingerprint density at radius 1 is 1.14 bits per heavy atom. The molecule has 29 heavy (non-hydrogen) atoms. The van der Waals surface area contributed by atoms with Crippen molar-refractivity contribution in [3.05, 3.63) is 76.9 Å². The van der Waals surface area contributed by atoms with Crippen LogP contribution in [0.15, 0.2) is 57.9 Å². The van der Waals surface area contributed by atoms with E-state index in [9.17, 15) is 4.79 Å². The summed E-state index contributed by atoms with van der Waals surface area (Å²) in [6, 6.07) is 15.5. The molecular formula is C22H25N3O3S. The van der Waals surface area contributed by atoms with Crippen molar-refractivity contribution in [3.63, 3.8) is 0 Å². The number of benzene rings is 2. The predicted octanol–water partition coefficient (Wildman–Crippen LogP) is 4.53. The third kappa shape index (κ3) is 6.17. The van der Waals surface area contributed by atoms with E-state index in [1.807, 2.05) is 62.4 Å². The number of ether oxygens (including phenoxy) is 1. The molecule has 3 aromatic rings. The lowest BCUT2D eigenvalue weighted by Crippen LogP contribution is -2.24. The maximum Gasteiger partial charge on any atom is 0.252 e. The number of carbonyl (C=O) groups excluding carboxylic acids is 1. The van der Waals surface area contributed by atoms with Crippen molar-refractivity contribution in [2.24, 2.45) is 0 Å². The summed E-state index contributed by atoms with van der Waals surface area (Å²) in [6.45, 7) is 6.75. The topological polar surface area (TPSA) is 77.2 Å². The van der Waals surface area contributed by atoms with Gasteiger partial charge in [0.05, 0.1) is 24.0 Å². The molecule has 0 radical (unpaired) electrons. The average molecular weight is 412 g/mol. The zero-order valence-corrected chi connectivity index (χ0v) is 17.7. The molecule has 0 aliphatic heterocycles. The van der Waals surface area contributed by atoms with Crippen LogP contribution in [0.2, 0.25) is 0 Å². The predicted molar refractivity (Wildman–Crippen MR) is 113 cm³/mol. The maximum absolute atomic E-state index is 12.8. The van der Waals surface area contributed by atoms with Crippen molar-refractivity contribution in [3.8, 4) is 0 Å². The Balaban J connectivity index is 1.64. The van der Waals surface area contributed by atoms with E-state index in [1.165, 1.54) is 11.8 Å². The molecule has 1 heterocycles. The molecule has 0 aliphatic rings. The number of nitrogens with one attached hydrogen (secondary N) is 1. The van der Waals surface area contributed by atoms with E-state index in [4.69, 9.17) is 9.26 Å². The molecule has 0 aliphatic carbocycles. The Hall–Kier alpha value is -2.64. The highest BCUT2D eigenvalue weighted by Crippen LogP contribution is 2.25. The van der Waals surface area contributed by atoms with Crippen LogP contribution in [0.1, 0.15) is 47.0 Å². The van der Waals surface area contributed by atoms with E-state index in [-0.39, 0.29) is 12.0 Å². The van der Waals surface area contributed by atoms with E-state index >= 15 is 0 Å². The molecule has 0 saturated heterocycles. The summed E-state index contributed by atoms with van der Waals surface area (Å²) in [7, 11) is 0. The average Bonchev–Trinajstić information content (AvgIpc) is 3.15. The fourth-order valence-electron chi connectivity index (χ4n) is 2.72. The van der Waals surface area contributed by atoms with Crippen molar-refractivity contribution >= 4 is 17.7 Å². The second-order valence-electron chi connectivity index (χ2n) is 6.83. The number of hydrogen-bond acceptors (Lipinski definition) is 6. The smallest absolute Gasteiger partial charge is 0.252 e. The molecule has 0 atom stereocenters. The van der Waals surface area contributed by atoms with Crippen molar-refractivity contribution in [2.75, 3.05) is 0 Å². The molecule has 2 aromatic carbocycles. The van der Waals surface area contributed by atoms with Gasteiger partial charge in [-0.15, -0.1) is 11.8 Å². The van der Waals surface area contributed by atoms with Gasteiger partial charge < -0.3 is 14.6 Å². The third-order valence-corrected chi connectivity index (χ3v) is 5.26. The first kappa shape index (κ1) is 21.1. The van der Waals surface area contributed by atoms with Gasteiger partial charge in [0.15, 0.2) is 5.82 Å². The molecular weight excluding hydrogens is 386 g/mol. The van der Waals surface area contributed by atoms with E-state index in [2.05, 4.69) is 15.5 Å². The van der Waals surface area contributed by atoms with E-state index in [1.54, 1.807) is 6.92 Å². The highest BCUT2D eigenvalue weighted by atomic mass is 32.2. The van der Waals surface area contributed by atoms with Crippen LogP contribution in [0, 0.1) is 6.92 Å². The zero-order chi connectivity index (χ0) is 20.6. The molecule has 0 spiro atoms. The number of thioether (sulfide) groups is 1. The lowest BCUT2D eigenvalue weighted by Gasteiger charge is -2.14. The Morgan fingerprint density at radius 3 is 2.59 bits per heavy atom. The Morgan fingerprint density at radius 2 is 1.86 bits per heavy atom. The minimum absolute atomic E-state index is 0.114. The highest BCUT2D eigenvalue weighted by molar-refractivity contribution is 7.98. The van der Waals surface area contributed by atoms with Crippen LogP contribution in [-0.2, 0) is 23.6 Å². The minimum atomic E-state index is -0.114. The highest BCUT2D eigenvalue weighted by Gasteiger charge is 2.13. The van der Waals surface area contributed by atoms with Gasteiger partial charge in [0.25, 0.3) is 5.91 Å². The van der Waals surface area contributed by atoms with Crippen LogP contribution < -0.4 is 5.32 Å². The fourth-order valence-corrected chi connectivity index (χ4v) is 3.61. The van der Waals surface area contributed by atoms with E-state index < -0.39 is 0 Å². The van der Waals surface area contributed by atoms with Gasteiger partial charge in [0.2, 0.25) is 5.89 Å². The minimum Gasteiger partial charge on any atom is -0.374 e. The lowest BCUT2D eigenvalue weighted by atomic mass is 10.1. The Labute approximate surface area is 175 Å². The van der Waals surface area contributed by atoms with Gasteiger partial charge in [-0.1, -0.05) is 41.6 Å². The summed E-state index contributed by atoms with van der Waals surface area (Å²) in [5.41, 5.74) is 2.76. The SMILES string of the molecule is Cc1nc(CSc2ccccc2C(=O)NCc2ccccc2COC(C)C)no1. The number of aryl methyl sites for hydroxylation is 1. The molecule has 6 nitrogen and oxygen atoms in total. The Kier molecular flexibility index (Phi) is 7.43. The first-order valence-corrected chi connectivity index (χ1v) is 10.5. The first-order chi connectivity index (χ1) is 14.0. The summed E-state index contributed by atoms with van der Waals surface area (Å²) < 4.78 is 10.7. The number of hydrogen-bond donors (Lipinski definition) is 1. The summed E-state index contributed by atoms with van der Waals surface area (Å²) in [6.07, 6.45) is 0.157. The lowest BCUT2D eigenvalue weighted by molar-refractivity contribution is 0.0651. The van der Waals surface area contributed by atoms with Crippen LogP contribution in [0.3, 0.4) is 0 Å². The number of nitrogens with zero attached hydrogens (tertiary/aromatic N) is 2. The monoisotopic (exact) mass is 411 g/mol. The Bertz CT molecular complexity index is 956. The number of rotatable bonds is 9. The van der Waals surface area contributed by atoms with Gasteiger partial charge >= 0.3 is 0 Å². The van der Waals surface area contributed by atoms with Crippen molar-refractivity contribution in [1.29, 1.82) is 0 Å². The molecule has 1 N–H and O–H groups in total. The van der Waals surface area contributed by atoms with Crippen LogP contribution >= 0.6 is 11.8 Å². The largest absolute Gasteiger partial charge is 0.374 e. The van der Waals surface area contributed by atoms with Gasteiger partial charge in [-0.05, 0) is 37.1 Å². The van der Waals surface area contributed by atoms with Crippen LogP contribution in [0.25, 0.3) is 0 Å². The third-order valence-electron chi connectivity index (χ3n) is 4.19. The number of carbonyl (C=O) groups is 1. The van der Waals surface area contributed by atoms with Crippen LogP contribution in [0.5, 0.6) is 0 Å². The van der Waals surface area contributed by atoms with Gasteiger partial charge in [-0.2, -0.15) is 4.98 Å². The quantitative estimate of drug-likeness (QED) is 0.522. The summed E-state index contributed by atoms with van der Waals surface area (Å²) in [5, 5.41) is 6.93.